The van der Waals surface area contributed by atoms with E-state index in [1.54, 1.807) is 11.8 Å². The lowest BCUT2D eigenvalue weighted by Crippen LogP contribution is -2.07. The van der Waals surface area contributed by atoms with Gasteiger partial charge in [0.05, 0.1) is 13.0 Å². The average molecular weight is 210 g/mol. The summed E-state index contributed by atoms with van der Waals surface area (Å²) in [5.74, 6) is -0.161. The first-order valence-corrected chi connectivity index (χ1v) is 5.77. The summed E-state index contributed by atoms with van der Waals surface area (Å²) in [6, 6.07) is 7.94. The average Bonchev–Trinajstić information content (AvgIpc) is 2.18. The van der Waals surface area contributed by atoms with Crippen LogP contribution in [0, 0.1) is 0 Å². The standard InChI is InChI=1S/C11H14O2S/c1-3-13-11(12)8-9-5-4-6-10(7-9)14-2/h4-7H,3,8H2,1-2H3. The van der Waals surface area contributed by atoms with Gasteiger partial charge < -0.3 is 4.74 Å². The van der Waals surface area contributed by atoms with Crippen molar-refractivity contribution in [2.45, 2.75) is 18.2 Å². The van der Waals surface area contributed by atoms with E-state index in [4.69, 9.17) is 4.74 Å². The van der Waals surface area contributed by atoms with Crippen molar-refractivity contribution in [1.82, 2.24) is 0 Å². The molecule has 0 atom stereocenters. The SMILES string of the molecule is CCOC(=O)Cc1cccc(SC)c1. The summed E-state index contributed by atoms with van der Waals surface area (Å²) in [5.41, 5.74) is 1.01. The summed E-state index contributed by atoms with van der Waals surface area (Å²) in [5, 5.41) is 0. The van der Waals surface area contributed by atoms with E-state index >= 15 is 0 Å². The van der Waals surface area contributed by atoms with Gasteiger partial charge in [0.2, 0.25) is 0 Å². The highest BCUT2D eigenvalue weighted by Gasteiger charge is 2.03. The van der Waals surface area contributed by atoms with Gasteiger partial charge in [-0.05, 0) is 30.9 Å². The van der Waals surface area contributed by atoms with Crippen LogP contribution in [0.4, 0.5) is 0 Å². The Hall–Kier alpha value is -0.960. The Bertz CT molecular complexity index is 310. The summed E-state index contributed by atoms with van der Waals surface area (Å²) in [7, 11) is 0. The Morgan fingerprint density at radius 1 is 1.50 bits per heavy atom. The number of hydrogen-bond donors (Lipinski definition) is 0. The minimum atomic E-state index is -0.161. The van der Waals surface area contributed by atoms with E-state index in [-0.39, 0.29) is 5.97 Å². The van der Waals surface area contributed by atoms with Crippen molar-refractivity contribution < 1.29 is 9.53 Å². The number of rotatable bonds is 4. The van der Waals surface area contributed by atoms with Crippen LogP contribution in [0.25, 0.3) is 0 Å². The van der Waals surface area contributed by atoms with Gasteiger partial charge in [0, 0.05) is 4.90 Å². The van der Waals surface area contributed by atoms with Crippen molar-refractivity contribution >= 4 is 17.7 Å². The molecule has 76 valence electrons. The molecule has 3 heteroatoms. The normalized spacial score (nSPS) is 9.86. The molecule has 1 aromatic carbocycles. The smallest absolute Gasteiger partial charge is 0.310 e. The molecule has 0 fully saturated rings. The maximum atomic E-state index is 11.2. The van der Waals surface area contributed by atoms with Crippen LogP contribution in [0.1, 0.15) is 12.5 Å². The van der Waals surface area contributed by atoms with E-state index in [0.29, 0.717) is 13.0 Å². The first kappa shape index (κ1) is 11.1. The predicted octanol–water partition coefficient (Wildman–Crippen LogP) is 2.51. The molecule has 0 saturated carbocycles. The third kappa shape index (κ3) is 3.42. The zero-order chi connectivity index (χ0) is 10.4. The molecule has 0 heterocycles. The van der Waals surface area contributed by atoms with Gasteiger partial charge in [-0.1, -0.05) is 12.1 Å². The fraction of sp³-hybridized carbons (Fsp3) is 0.364. The van der Waals surface area contributed by atoms with E-state index in [9.17, 15) is 4.79 Å². The van der Waals surface area contributed by atoms with E-state index in [1.807, 2.05) is 37.4 Å². The Morgan fingerprint density at radius 2 is 2.29 bits per heavy atom. The van der Waals surface area contributed by atoms with Crippen molar-refractivity contribution in [3.05, 3.63) is 29.8 Å². The molecular weight excluding hydrogens is 196 g/mol. The van der Waals surface area contributed by atoms with Crippen molar-refractivity contribution in [3.8, 4) is 0 Å². The number of carbonyl (C=O) groups is 1. The highest BCUT2D eigenvalue weighted by atomic mass is 32.2. The van der Waals surface area contributed by atoms with Gasteiger partial charge in [-0.25, -0.2) is 0 Å². The highest BCUT2D eigenvalue weighted by Crippen LogP contribution is 2.16. The second-order valence-electron chi connectivity index (χ2n) is 2.83. The molecule has 0 spiro atoms. The molecule has 0 aromatic heterocycles. The van der Waals surface area contributed by atoms with Gasteiger partial charge in [0.25, 0.3) is 0 Å². The minimum Gasteiger partial charge on any atom is -0.466 e. The molecule has 0 aliphatic heterocycles. The largest absolute Gasteiger partial charge is 0.466 e. The van der Waals surface area contributed by atoms with E-state index in [0.717, 1.165) is 5.56 Å². The second kappa shape index (κ2) is 5.70. The highest BCUT2D eigenvalue weighted by molar-refractivity contribution is 7.98. The molecule has 2 nitrogen and oxygen atoms in total. The quantitative estimate of drug-likeness (QED) is 0.564. The molecule has 0 aliphatic carbocycles. The summed E-state index contributed by atoms with van der Waals surface area (Å²) in [4.78, 5) is 12.4. The van der Waals surface area contributed by atoms with Gasteiger partial charge in [-0.3, -0.25) is 4.79 Å². The zero-order valence-corrected chi connectivity index (χ0v) is 9.26. The molecule has 0 saturated heterocycles. The van der Waals surface area contributed by atoms with Gasteiger partial charge >= 0.3 is 5.97 Å². The van der Waals surface area contributed by atoms with Crippen LogP contribution >= 0.6 is 11.8 Å². The third-order valence-corrected chi connectivity index (χ3v) is 2.51. The third-order valence-electron chi connectivity index (χ3n) is 1.79. The van der Waals surface area contributed by atoms with Crippen molar-refractivity contribution in [3.63, 3.8) is 0 Å². The van der Waals surface area contributed by atoms with Crippen LogP contribution in [-0.4, -0.2) is 18.8 Å². The van der Waals surface area contributed by atoms with Crippen LogP contribution in [-0.2, 0) is 16.0 Å². The lowest BCUT2D eigenvalue weighted by atomic mass is 10.1. The summed E-state index contributed by atoms with van der Waals surface area (Å²) in [6.07, 6.45) is 2.38. The maximum Gasteiger partial charge on any atom is 0.310 e. The fourth-order valence-corrected chi connectivity index (χ4v) is 1.64. The van der Waals surface area contributed by atoms with Gasteiger partial charge in [0.15, 0.2) is 0 Å². The van der Waals surface area contributed by atoms with Crippen LogP contribution in [0.3, 0.4) is 0 Å². The van der Waals surface area contributed by atoms with Crippen LogP contribution in [0.2, 0.25) is 0 Å². The van der Waals surface area contributed by atoms with Gasteiger partial charge in [0.1, 0.15) is 0 Å². The van der Waals surface area contributed by atoms with Crippen LogP contribution in [0.15, 0.2) is 29.2 Å². The summed E-state index contributed by atoms with van der Waals surface area (Å²) in [6.45, 7) is 2.26. The van der Waals surface area contributed by atoms with Crippen molar-refractivity contribution in [2.24, 2.45) is 0 Å². The molecule has 1 rings (SSSR count). The number of thioether (sulfide) groups is 1. The van der Waals surface area contributed by atoms with Crippen molar-refractivity contribution in [2.75, 3.05) is 12.9 Å². The number of benzene rings is 1. The lowest BCUT2D eigenvalue weighted by molar-refractivity contribution is -0.142. The molecule has 0 amide bonds. The maximum absolute atomic E-state index is 11.2. The first-order chi connectivity index (χ1) is 6.76. The van der Waals surface area contributed by atoms with E-state index in [1.165, 1.54) is 4.90 Å². The number of hydrogen-bond acceptors (Lipinski definition) is 3. The molecule has 0 unspecified atom stereocenters. The molecule has 0 aliphatic rings. The summed E-state index contributed by atoms with van der Waals surface area (Å²) >= 11 is 1.67. The topological polar surface area (TPSA) is 26.3 Å². The lowest BCUT2D eigenvalue weighted by Gasteiger charge is -2.03. The first-order valence-electron chi connectivity index (χ1n) is 4.54. The number of carbonyl (C=O) groups excluding carboxylic acids is 1. The Kier molecular flexibility index (Phi) is 4.53. The van der Waals surface area contributed by atoms with Crippen molar-refractivity contribution in [1.29, 1.82) is 0 Å². The van der Waals surface area contributed by atoms with Gasteiger partial charge in [-0.2, -0.15) is 0 Å². The van der Waals surface area contributed by atoms with E-state index in [2.05, 4.69) is 0 Å². The van der Waals surface area contributed by atoms with Crippen LogP contribution in [0.5, 0.6) is 0 Å². The van der Waals surface area contributed by atoms with E-state index < -0.39 is 0 Å². The van der Waals surface area contributed by atoms with Gasteiger partial charge in [-0.15, -0.1) is 11.8 Å². The Balaban J connectivity index is 2.62. The Morgan fingerprint density at radius 3 is 2.93 bits per heavy atom. The summed E-state index contributed by atoms with van der Waals surface area (Å²) < 4.78 is 4.87. The molecular formula is C11H14O2S. The Labute approximate surface area is 88.7 Å². The predicted molar refractivity (Wildman–Crippen MR) is 58.6 cm³/mol. The zero-order valence-electron chi connectivity index (χ0n) is 8.45. The monoisotopic (exact) mass is 210 g/mol. The second-order valence-corrected chi connectivity index (χ2v) is 3.71. The fourth-order valence-electron chi connectivity index (χ4n) is 1.16. The molecule has 0 bridgehead atoms. The molecule has 1 aromatic rings. The van der Waals surface area contributed by atoms with Crippen LogP contribution < -0.4 is 0 Å². The number of ether oxygens (including phenoxy) is 1. The number of esters is 1. The minimum absolute atomic E-state index is 0.161. The molecule has 0 N–H and O–H groups in total. The molecule has 14 heavy (non-hydrogen) atoms. The molecule has 0 radical (unpaired) electrons.